The average Bonchev–Trinajstić information content (AvgIpc) is 3.54. The van der Waals surface area contributed by atoms with Gasteiger partial charge in [0.2, 0.25) is 5.95 Å². The van der Waals surface area contributed by atoms with Gasteiger partial charge >= 0.3 is 0 Å². The Balaban J connectivity index is 1.29. The molecule has 1 saturated heterocycles. The number of rotatable bonds is 4. The summed E-state index contributed by atoms with van der Waals surface area (Å²) in [7, 11) is 2.16. The number of carbonyl (C=O) groups excluding carboxylic acids is 1. The van der Waals surface area contributed by atoms with Crippen LogP contribution in [-0.4, -0.2) is 83.4 Å². The van der Waals surface area contributed by atoms with E-state index in [0.29, 0.717) is 40.7 Å². The Morgan fingerprint density at radius 1 is 1.13 bits per heavy atom. The predicted octanol–water partition coefficient (Wildman–Crippen LogP) is 2.61. The number of fused-ring (bicyclic) bond motifs is 2. The maximum atomic E-state index is 13.5. The van der Waals surface area contributed by atoms with Crippen LogP contribution in [0.25, 0.3) is 22.3 Å². The molecule has 0 unspecified atom stereocenters. The highest BCUT2D eigenvalue weighted by Gasteiger charge is 2.39. The monoisotopic (exact) mass is 528 g/mol. The number of likely N-dealkylation sites (N-methyl/N-ethyl adjacent to an activating group) is 1. The van der Waals surface area contributed by atoms with E-state index < -0.39 is 5.54 Å². The molecule has 13 heteroatoms. The van der Waals surface area contributed by atoms with E-state index >= 15 is 0 Å². The minimum Gasteiger partial charge on any atom is -0.353 e. The van der Waals surface area contributed by atoms with E-state index in [-0.39, 0.29) is 5.91 Å². The lowest BCUT2D eigenvalue weighted by atomic mass is 9.90. The van der Waals surface area contributed by atoms with E-state index in [0.717, 1.165) is 35.5 Å². The van der Waals surface area contributed by atoms with E-state index in [4.69, 9.17) is 0 Å². The summed E-state index contributed by atoms with van der Waals surface area (Å²) >= 11 is 0. The van der Waals surface area contributed by atoms with Gasteiger partial charge in [0.1, 0.15) is 17.8 Å². The number of nitrogens with one attached hydrogen (secondary N) is 3. The lowest BCUT2D eigenvalue weighted by molar-refractivity contribution is -0.113. The van der Waals surface area contributed by atoms with Crippen LogP contribution in [-0.2, 0) is 10.3 Å². The Bertz CT molecular complexity index is 1590. The first-order valence-electron chi connectivity index (χ1n) is 13.0. The second kappa shape index (κ2) is 9.12. The number of piperazine rings is 1. The van der Waals surface area contributed by atoms with Gasteiger partial charge in [0.25, 0.3) is 5.91 Å². The molecule has 2 aliphatic heterocycles. The third kappa shape index (κ3) is 4.18. The third-order valence-electron chi connectivity index (χ3n) is 7.91. The van der Waals surface area contributed by atoms with Crippen molar-refractivity contribution in [2.75, 3.05) is 35.7 Å². The average molecular weight is 529 g/mol. The number of hydrogen-bond donors (Lipinski definition) is 3. The third-order valence-corrected chi connectivity index (χ3v) is 7.91. The van der Waals surface area contributed by atoms with Crippen molar-refractivity contribution in [3.63, 3.8) is 0 Å². The fraction of sp³-hybridized carbons (Fsp3) is 0.423. The Morgan fingerprint density at radius 2 is 1.90 bits per heavy atom. The van der Waals surface area contributed by atoms with Crippen molar-refractivity contribution in [1.82, 2.24) is 45.3 Å². The fourth-order valence-electron chi connectivity index (χ4n) is 5.61. The number of tetrazole rings is 1. The highest BCUT2D eigenvalue weighted by Crippen LogP contribution is 2.35. The summed E-state index contributed by atoms with van der Waals surface area (Å²) in [6.07, 6.45) is 1.59. The van der Waals surface area contributed by atoms with Gasteiger partial charge in [0, 0.05) is 48.0 Å². The quantitative estimate of drug-likeness (QED) is 0.361. The highest BCUT2D eigenvalue weighted by molar-refractivity contribution is 6.07. The first-order valence-corrected chi connectivity index (χ1v) is 13.0. The van der Waals surface area contributed by atoms with Gasteiger partial charge < -0.3 is 15.5 Å². The van der Waals surface area contributed by atoms with E-state index in [1.54, 1.807) is 11.0 Å². The topological polar surface area (TPSA) is 146 Å². The van der Waals surface area contributed by atoms with Gasteiger partial charge in [-0.1, -0.05) is 5.10 Å². The molecule has 0 radical (unpaired) electrons. The van der Waals surface area contributed by atoms with Gasteiger partial charge in [-0.15, -0.1) is 0 Å². The Morgan fingerprint density at radius 3 is 2.67 bits per heavy atom. The number of aromatic amines is 1. The van der Waals surface area contributed by atoms with Crippen LogP contribution in [0.4, 0.5) is 17.5 Å². The van der Waals surface area contributed by atoms with Crippen LogP contribution in [0.2, 0.25) is 0 Å². The number of allylic oxidation sites excluding steroid dienone is 1. The maximum Gasteiger partial charge on any atom is 0.255 e. The molecule has 6 rings (SSSR count). The SMILES string of the molecule is CC1=C(C(=O)Nc2ccc3[nH]nc(-c4cc(N5C[C@@H](C)N(C)[C@@H](C)C5)ncn4)c3c2)C(C)(C)n2nnnc2N1. The molecule has 39 heavy (non-hydrogen) atoms. The molecule has 0 bridgehead atoms. The molecule has 3 N–H and O–H groups in total. The molecule has 2 aliphatic rings. The van der Waals surface area contributed by atoms with Gasteiger partial charge in [0.05, 0.1) is 22.3 Å². The van der Waals surface area contributed by atoms with Crippen LogP contribution in [0.1, 0.15) is 34.6 Å². The molecule has 5 heterocycles. The molecule has 0 saturated carbocycles. The zero-order valence-corrected chi connectivity index (χ0v) is 22.9. The van der Waals surface area contributed by atoms with Crippen LogP contribution >= 0.6 is 0 Å². The van der Waals surface area contributed by atoms with E-state index in [2.05, 4.69) is 77.0 Å². The summed E-state index contributed by atoms with van der Waals surface area (Å²) < 4.78 is 1.61. The van der Waals surface area contributed by atoms with Crippen LogP contribution in [0.3, 0.4) is 0 Å². The summed E-state index contributed by atoms with van der Waals surface area (Å²) in [4.78, 5) is 27.3. The second-order valence-corrected chi connectivity index (χ2v) is 10.9. The van der Waals surface area contributed by atoms with Crippen LogP contribution in [0.5, 0.6) is 0 Å². The molecule has 1 fully saturated rings. The smallest absolute Gasteiger partial charge is 0.255 e. The van der Waals surface area contributed by atoms with Crippen molar-refractivity contribution < 1.29 is 4.79 Å². The lowest BCUT2D eigenvalue weighted by Crippen LogP contribution is -2.55. The maximum absolute atomic E-state index is 13.5. The highest BCUT2D eigenvalue weighted by atomic mass is 16.1. The van der Waals surface area contributed by atoms with E-state index in [9.17, 15) is 4.79 Å². The molecule has 13 nitrogen and oxygen atoms in total. The van der Waals surface area contributed by atoms with Gasteiger partial charge in [0.15, 0.2) is 0 Å². The summed E-state index contributed by atoms with van der Waals surface area (Å²) in [6, 6.07) is 8.48. The number of anilines is 3. The lowest BCUT2D eigenvalue weighted by Gasteiger charge is -2.42. The Hall–Kier alpha value is -4.39. The van der Waals surface area contributed by atoms with Crippen molar-refractivity contribution in [2.24, 2.45) is 0 Å². The van der Waals surface area contributed by atoms with Crippen molar-refractivity contribution >= 4 is 34.3 Å². The normalized spacial score (nSPS) is 21.1. The number of nitrogens with zero attached hydrogens (tertiary/aromatic N) is 9. The summed E-state index contributed by atoms with van der Waals surface area (Å²) in [5.41, 5.74) is 3.42. The van der Waals surface area contributed by atoms with Gasteiger partial charge in [-0.25, -0.2) is 14.6 Å². The summed E-state index contributed by atoms with van der Waals surface area (Å²) in [5, 5.41) is 26.5. The van der Waals surface area contributed by atoms with Crippen molar-refractivity contribution in [2.45, 2.75) is 52.2 Å². The zero-order valence-electron chi connectivity index (χ0n) is 22.9. The molecular weight excluding hydrogens is 496 g/mol. The Labute approximate surface area is 225 Å². The molecule has 2 atom stereocenters. The molecule has 0 aliphatic carbocycles. The number of benzene rings is 1. The van der Waals surface area contributed by atoms with Crippen molar-refractivity contribution in [1.29, 1.82) is 0 Å². The minimum atomic E-state index is -0.737. The largest absolute Gasteiger partial charge is 0.353 e. The number of H-pyrrole nitrogens is 1. The van der Waals surface area contributed by atoms with Crippen LogP contribution < -0.4 is 15.5 Å². The minimum absolute atomic E-state index is 0.238. The molecule has 1 amide bonds. The summed E-state index contributed by atoms with van der Waals surface area (Å²) in [6.45, 7) is 11.9. The molecule has 0 spiro atoms. The second-order valence-electron chi connectivity index (χ2n) is 10.9. The first-order chi connectivity index (χ1) is 18.6. The number of hydrogen-bond acceptors (Lipinski definition) is 10. The fourth-order valence-corrected chi connectivity index (χ4v) is 5.61. The van der Waals surface area contributed by atoms with Gasteiger partial charge in [-0.2, -0.15) is 5.10 Å². The van der Waals surface area contributed by atoms with E-state index in [1.165, 1.54) is 0 Å². The molecular formula is C26H32N12O. The standard InChI is InChI=1S/C26H32N12O/c1-14-11-37(12-15(2)36(14)6)21-10-20(27-13-28-21)23-18-9-17(7-8-19(18)31-32-23)30-24(39)22-16(3)29-25-33-34-35-38(25)26(22,4)5/h7-10,13-15H,11-12H2,1-6H3,(H,30,39)(H,31,32)(H,29,33,35)/t14-,15+. The first kappa shape index (κ1) is 24.9. The number of carbonyl (C=O) groups is 1. The van der Waals surface area contributed by atoms with Crippen LogP contribution in [0, 0.1) is 0 Å². The van der Waals surface area contributed by atoms with Crippen molar-refractivity contribution in [3.05, 3.63) is 41.9 Å². The van der Waals surface area contributed by atoms with Crippen LogP contribution in [0.15, 0.2) is 41.9 Å². The number of aromatic nitrogens is 8. The van der Waals surface area contributed by atoms with E-state index in [1.807, 2.05) is 45.0 Å². The molecule has 4 aromatic rings. The van der Waals surface area contributed by atoms with Crippen molar-refractivity contribution in [3.8, 4) is 11.4 Å². The molecule has 1 aromatic carbocycles. The van der Waals surface area contributed by atoms with Gasteiger partial charge in [-0.05, 0) is 70.3 Å². The van der Waals surface area contributed by atoms with Gasteiger partial charge in [-0.3, -0.25) is 14.8 Å². The molecule has 202 valence electrons. The molecule has 3 aromatic heterocycles. The predicted molar refractivity (Wildman–Crippen MR) is 148 cm³/mol. The number of amides is 1. The zero-order chi connectivity index (χ0) is 27.5. The summed E-state index contributed by atoms with van der Waals surface area (Å²) in [5.74, 6) is 1.14. The Kier molecular flexibility index (Phi) is 5.83.